The van der Waals surface area contributed by atoms with E-state index in [4.69, 9.17) is 15.2 Å². The number of rotatable bonds is 5. The molecule has 0 saturated carbocycles. The smallest absolute Gasteiger partial charge is 0.327 e. The number of benzene rings is 1. The number of methoxy groups -OCH3 is 1. The highest BCUT2D eigenvalue weighted by atomic mass is 16.5. The first-order chi connectivity index (χ1) is 7.69. The highest BCUT2D eigenvalue weighted by Gasteiger charge is 2.16. The Bertz CT molecular complexity index is 352. The highest BCUT2D eigenvalue weighted by Crippen LogP contribution is 2.14. The van der Waals surface area contributed by atoms with Gasteiger partial charge < -0.3 is 15.2 Å². The van der Waals surface area contributed by atoms with Crippen molar-refractivity contribution < 1.29 is 14.3 Å². The van der Waals surface area contributed by atoms with Gasteiger partial charge >= 0.3 is 5.97 Å². The number of carbonyl (C=O) groups excluding carboxylic acids is 1. The third kappa shape index (κ3) is 3.32. The minimum absolute atomic E-state index is 0.338. The van der Waals surface area contributed by atoms with Gasteiger partial charge in [-0.05, 0) is 18.1 Å². The summed E-state index contributed by atoms with van der Waals surface area (Å²) in [5.41, 5.74) is 7.50. The molecule has 1 atom stereocenters. The molecule has 0 aliphatic heterocycles. The van der Waals surface area contributed by atoms with Crippen molar-refractivity contribution in [2.45, 2.75) is 19.6 Å². The lowest BCUT2D eigenvalue weighted by molar-refractivity contribution is -0.144. The van der Waals surface area contributed by atoms with E-state index in [-0.39, 0.29) is 0 Å². The molecule has 1 aromatic rings. The fourth-order valence-corrected chi connectivity index (χ4v) is 1.41. The summed E-state index contributed by atoms with van der Waals surface area (Å²) >= 11 is 0. The maximum Gasteiger partial charge on any atom is 0.327 e. The van der Waals surface area contributed by atoms with Crippen molar-refractivity contribution in [2.75, 3.05) is 13.7 Å². The first-order valence-corrected chi connectivity index (χ1v) is 5.19. The van der Waals surface area contributed by atoms with Gasteiger partial charge in [-0.25, -0.2) is 4.79 Å². The van der Waals surface area contributed by atoms with Crippen molar-refractivity contribution in [3.8, 4) is 0 Å². The third-order valence-corrected chi connectivity index (χ3v) is 2.16. The van der Waals surface area contributed by atoms with E-state index in [1.807, 2.05) is 18.2 Å². The van der Waals surface area contributed by atoms with E-state index in [2.05, 4.69) is 0 Å². The van der Waals surface area contributed by atoms with Gasteiger partial charge in [0.25, 0.3) is 0 Å². The van der Waals surface area contributed by atoms with Crippen molar-refractivity contribution in [2.24, 2.45) is 5.73 Å². The molecule has 0 aliphatic carbocycles. The maximum atomic E-state index is 11.4. The molecular weight excluding hydrogens is 206 g/mol. The number of nitrogens with two attached hydrogens (primary N) is 1. The molecule has 4 nitrogen and oxygen atoms in total. The molecule has 4 heteroatoms. The standard InChI is InChI=1S/C12H17NO3/c1-3-16-12(14)11(13)10-6-4-5-9(7-10)8-15-2/h4-7,11H,3,8,13H2,1-2H3. The van der Waals surface area contributed by atoms with Crippen LogP contribution >= 0.6 is 0 Å². The fraction of sp³-hybridized carbons (Fsp3) is 0.417. The lowest BCUT2D eigenvalue weighted by Gasteiger charge is -2.11. The first kappa shape index (κ1) is 12.7. The number of carbonyl (C=O) groups is 1. The van der Waals surface area contributed by atoms with E-state index in [1.165, 1.54) is 0 Å². The van der Waals surface area contributed by atoms with Gasteiger partial charge in [-0.1, -0.05) is 24.3 Å². The maximum absolute atomic E-state index is 11.4. The van der Waals surface area contributed by atoms with Crippen LogP contribution in [0.5, 0.6) is 0 Å². The SMILES string of the molecule is CCOC(=O)C(N)c1cccc(COC)c1. The van der Waals surface area contributed by atoms with Gasteiger partial charge in [0.05, 0.1) is 13.2 Å². The van der Waals surface area contributed by atoms with Gasteiger partial charge in [-0.2, -0.15) is 0 Å². The quantitative estimate of drug-likeness (QED) is 0.766. The molecule has 0 heterocycles. The molecule has 0 aliphatic rings. The molecule has 0 saturated heterocycles. The summed E-state index contributed by atoms with van der Waals surface area (Å²) in [6.07, 6.45) is 0. The van der Waals surface area contributed by atoms with Crippen LogP contribution in [0, 0.1) is 0 Å². The predicted octanol–water partition coefficient (Wildman–Crippen LogP) is 1.40. The Hall–Kier alpha value is -1.39. The monoisotopic (exact) mass is 223 g/mol. The Labute approximate surface area is 95.3 Å². The minimum atomic E-state index is -0.725. The Morgan fingerprint density at radius 3 is 2.88 bits per heavy atom. The van der Waals surface area contributed by atoms with Crippen LogP contribution in [-0.4, -0.2) is 19.7 Å². The zero-order valence-electron chi connectivity index (χ0n) is 9.60. The summed E-state index contributed by atoms with van der Waals surface area (Å²) < 4.78 is 9.88. The van der Waals surface area contributed by atoms with Gasteiger partial charge in [0.15, 0.2) is 0 Å². The molecule has 16 heavy (non-hydrogen) atoms. The normalized spacial score (nSPS) is 12.2. The second-order valence-corrected chi connectivity index (χ2v) is 3.41. The van der Waals surface area contributed by atoms with Crippen LogP contribution in [0.2, 0.25) is 0 Å². The summed E-state index contributed by atoms with van der Waals surface area (Å²) in [6, 6.07) is 6.70. The Morgan fingerprint density at radius 1 is 1.50 bits per heavy atom. The fourth-order valence-electron chi connectivity index (χ4n) is 1.41. The average molecular weight is 223 g/mol. The van der Waals surface area contributed by atoms with Crippen molar-refractivity contribution in [1.82, 2.24) is 0 Å². The van der Waals surface area contributed by atoms with Crippen LogP contribution in [0.4, 0.5) is 0 Å². The highest BCUT2D eigenvalue weighted by molar-refractivity contribution is 5.77. The van der Waals surface area contributed by atoms with Gasteiger partial charge in [-0.15, -0.1) is 0 Å². The Morgan fingerprint density at radius 2 is 2.25 bits per heavy atom. The molecule has 0 radical (unpaired) electrons. The van der Waals surface area contributed by atoms with Crippen molar-refractivity contribution in [3.05, 3.63) is 35.4 Å². The second kappa shape index (κ2) is 6.25. The topological polar surface area (TPSA) is 61.5 Å². The zero-order valence-corrected chi connectivity index (χ0v) is 9.60. The average Bonchev–Trinajstić information content (AvgIpc) is 2.29. The van der Waals surface area contributed by atoms with Crippen LogP contribution in [0.15, 0.2) is 24.3 Å². The van der Waals surface area contributed by atoms with Crippen LogP contribution < -0.4 is 5.73 Å². The summed E-state index contributed by atoms with van der Waals surface area (Å²) in [5.74, 6) is -0.405. The van der Waals surface area contributed by atoms with E-state index in [0.717, 1.165) is 11.1 Å². The number of esters is 1. The molecule has 0 spiro atoms. The zero-order chi connectivity index (χ0) is 12.0. The van der Waals surface area contributed by atoms with Gasteiger partial charge in [0.1, 0.15) is 6.04 Å². The van der Waals surface area contributed by atoms with E-state index in [1.54, 1.807) is 20.1 Å². The summed E-state index contributed by atoms with van der Waals surface area (Å²) in [6.45, 7) is 2.60. The van der Waals surface area contributed by atoms with E-state index in [9.17, 15) is 4.79 Å². The lowest BCUT2D eigenvalue weighted by atomic mass is 10.1. The van der Waals surface area contributed by atoms with Crippen molar-refractivity contribution in [1.29, 1.82) is 0 Å². The molecule has 88 valence electrons. The van der Waals surface area contributed by atoms with Gasteiger partial charge in [0.2, 0.25) is 0 Å². The predicted molar refractivity (Wildman–Crippen MR) is 60.7 cm³/mol. The van der Waals surface area contributed by atoms with Crippen LogP contribution in [-0.2, 0) is 20.9 Å². The molecule has 1 aromatic carbocycles. The summed E-state index contributed by atoms with van der Waals surface area (Å²) in [4.78, 5) is 11.4. The van der Waals surface area contributed by atoms with Gasteiger partial charge in [-0.3, -0.25) is 0 Å². The van der Waals surface area contributed by atoms with Crippen molar-refractivity contribution in [3.63, 3.8) is 0 Å². The Kier molecular flexibility index (Phi) is 4.95. The molecule has 1 unspecified atom stereocenters. The van der Waals surface area contributed by atoms with Crippen LogP contribution in [0.1, 0.15) is 24.1 Å². The van der Waals surface area contributed by atoms with E-state index >= 15 is 0 Å². The molecule has 0 fully saturated rings. The molecule has 0 amide bonds. The molecule has 0 bridgehead atoms. The summed E-state index contributed by atoms with van der Waals surface area (Å²) in [5, 5.41) is 0. The molecule has 2 N–H and O–H groups in total. The Balaban J connectivity index is 2.78. The lowest BCUT2D eigenvalue weighted by Crippen LogP contribution is -2.23. The largest absolute Gasteiger partial charge is 0.465 e. The van der Waals surface area contributed by atoms with E-state index in [0.29, 0.717) is 13.2 Å². The number of ether oxygens (including phenoxy) is 2. The second-order valence-electron chi connectivity index (χ2n) is 3.41. The number of hydrogen-bond donors (Lipinski definition) is 1. The summed E-state index contributed by atoms with van der Waals surface area (Å²) in [7, 11) is 1.62. The van der Waals surface area contributed by atoms with E-state index < -0.39 is 12.0 Å². The molecule has 1 rings (SSSR count). The molecule has 0 aromatic heterocycles. The minimum Gasteiger partial charge on any atom is -0.465 e. The van der Waals surface area contributed by atoms with Crippen LogP contribution in [0.3, 0.4) is 0 Å². The van der Waals surface area contributed by atoms with Crippen molar-refractivity contribution >= 4 is 5.97 Å². The molecular formula is C12H17NO3. The van der Waals surface area contributed by atoms with Crippen LogP contribution in [0.25, 0.3) is 0 Å². The first-order valence-electron chi connectivity index (χ1n) is 5.19. The van der Waals surface area contributed by atoms with Gasteiger partial charge in [0, 0.05) is 7.11 Å². The third-order valence-electron chi connectivity index (χ3n) is 2.16. The number of hydrogen-bond acceptors (Lipinski definition) is 4.